The standard InChI is InChI=1S/C19H17F4N3O/c20-16-10-13(6-7-17(16)26-8-1-2-9-26)12-24-25-18(27)14-4-3-5-15(11-14)19(21,22)23/h3-7,10-12H,1-2,8-9H2,(H,25,27)/b24-12-. The second kappa shape index (κ2) is 7.77. The molecule has 1 amide bonds. The molecular weight excluding hydrogens is 362 g/mol. The summed E-state index contributed by atoms with van der Waals surface area (Å²) >= 11 is 0. The van der Waals surface area contributed by atoms with E-state index < -0.39 is 17.6 Å². The molecule has 0 saturated carbocycles. The highest BCUT2D eigenvalue weighted by molar-refractivity contribution is 5.95. The summed E-state index contributed by atoms with van der Waals surface area (Å²) in [4.78, 5) is 13.9. The first-order valence-electron chi connectivity index (χ1n) is 8.40. The molecular formula is C19H17F4N3O. The number of nitrogens with zero attached hydrogens (tertiary/aromatic N) is 2. The molecule has 0 spiro atoms. The molecule has 0 radical (unpaired) electrons. The van der Waals surface area contributed by atoms with Crippen LogP contribution in [0.25, 0.3) is 0 Å². The van der Waals surface area contributed by atoms with Gasteiger partial charge in [0.15, 0.2) is 0 Å². The highest BCUT2D eigenvalue weighted by Gasteiger charge is 2.30. The lowest BCUT2D eigenvalue weighted by atomic mass is 10.1. The van der Waals surface area contributed by atoms with Crippen LogP contribution in [0.1, 0.15) is 34.3 Å². The largest absolute Gasteiger partial charge is 0.416 e. The zero-order chi connectivity index (χ0) is 19.4. The maximum Gasteiger partial charge on any atom is 0.416 e. The zero-order valence-corrected chi connectivity index (χ0v) is 14.3. The maximum absolute atomic E-state index is 14.2. The number of hydrogen-bond acceptors (Lipinski definition) is 3. The number of amides is 1. The SMILES string of the molecule is O=C(N/N=C\c1ccc(N2CCCC2)c(F)c1)c1cccc(C(F)(F)F)c1. The van der Waals surface area contributed by atoms with Gasteiger partial charge in [0.1, 0.15) is 5.82 Å². The lowest BCUT2D eigenvalue weighted by molar-refractivity contribution is -0.137. The Balaban J connectivity index is 1.65. The molecule has 2 aromatic rings. The van der Waals surface area contributed by atoms with Crippen LogP contribution in [-0.4, -0.2) is 25.2 Å². The molecule has 27 heavy (non-hydrogen) atoms. The van der Waals surface area contributed by atoms with E-state index in [9.17, 15) is 22.4 Å². The Labute approximate surface area is 153 Å². The van der Waals surface area contributed by atoms with Crippen molar-refractivity contribution in [1.82, 2.24) is 5.43 Å². The van der Waals surface area contributed by atoms with E-state index >= 15 is 0 Å². The average Bonchev–Trinajstić information content (AvgIpc) is 3.15. The third-order valence-electron chi connectivity index (χ3n) is 4.25. The minimum Gasteiger partial charge on any atom is -0.369 e. The van der Waals surface area contributed by atoms with Crippen LogP contribution in [0.5, 0.6) is 0 Å². The minimum atomic E-state index is -4.53. The highest BCUT2D eigenvalue weighted by atomic mass is 19.4. The van der Waals surface area contributed by atoms with Crippen molar-refractivity contribution in [3.05, 3.63) is 65.0 Å². The molecule has 1 N–H and O–H groups in total. The van der Waals surface area contributed by atoms with Crippen LogP contribution >= 0.6 is 0 Å². The number of halogens is 4. The topological polar surface area (TPSA) is 44.7 Å². The zero-order valence-electron chi connectivity index (χ0n) is 14.3. The molecule has 0 aromatic heterocycles. The second-order valence-corrected chi connectivity index (χ2v) is 6.18. The predicted octanol–water partition coefficient (Wildman–Crippen LogP) is 4.21. The highest BCUT2D eigenvalue weighted by Crippen LogP contribution is 2.29. The Hall–Kier alpha value is -2.90. The fraction of sp³-hybridized carbons (Fsp3) is 0.263. The summed E-state index contributed by atoms with van der Waals surface area (Å²) in [6.07, 6.45) is -1.23. The Morgan fingerprint density at radius 3 is 2.52 bits per heavy atom. The van der Waals surface area contributed by atoms with Crippen LogP contribution in [0.2, 0.25) is 0 Å². The average molecular weight is 379 g/mol. The molecule has 0 aliphatic carbocycles. The van der Waals surface area contributed by atoms with Crippen molar-refractivity contribution in [2.24, 2.45) is 5.10 Å². The molecule has 1 saturated heterocycles. The van der Waals surface area contributed by atoms with Gasteiger partial charge in [-0.1, -0.05) is 12.1 Å². The van der Waals surface area contributed by atoms with Crippen molar-refractivity contribution in [2.75, 3.05) is 18.0 Å². The van der Waals surface area contributed by atoms with E-state index in [1.165, 1.54) is 18.3 Å². The quantitative estimate of drug-likeness (QED) is 0.491. The van der Waals surface area contributed by atoms with Gasteiger partial charge in [0.2, 0.25) is 0 Å². The maximum atomic E-state index is 14.2. The number of benzene rings is 2. The lowest BCUT2D eigenvalue weighted by Gasteiger charge is -2.18. The number of anilines is 1. The molecule has 8 heteroatoms. The molecule has 0 bridgehead atoms. The predicted molar refractivity (Wildman–Crippen MR) is 94.4 cm³/mol. The molecule has 3 rings (SSSR count). The third-order valence-corrected chi connectivity index (χ3v) is 4.25. The first-order valence-corrected chi connectivity index (χ1v) is 8.40. The molecule has 142 valence electrons. The third kappa shape index (κ3) is 4.64. The number of carbonyl (C=O) groups excluding carboxylic acids is 1. The second-order valence-electron chi connectivity index (χ2n) is 6.18. The fourth-order valence-electron chi connectivity index (χ4n) is 2.88. The lowest BCUT2D eigenvalue weighted by Crippen LogP contribution is -2.19. The number of nitrogens with one attached hydrogen (secondary N) is 1. The van der Waals surface area contributed by atoms with Crippen molar-refractivity contribution in [3.63, 3.8) is 0 Å². The van der Waals surface area contributed by atoms with Gasteiger partial charge in [0.05, 0.1) is 17.5 Å². The van der Waals surface area contributed by atoms with Gasteiger partial charge in [-0.15, -0.1) is 0 Å². The first kappa shape index (κ1) is 18.9. The molecule has 1 heterocycles. The fourth-order valence-corrected chi connectivity index (χ4v) is 2.88. The number of rotatable bonds is 4. The number of hydrogen-bond donors (Lipinski definition) is 1. The number of alkyl halides is 3. The van der Waals surface area contributed by atoms with Crippen LogP contribution in [0.15, 0.2) is 47.6 Å². The van der Waals surface area contributed by atoms with Crippen LogP contribution in [0.4, 0.5) is 23.2 Å². The summed E-state index contributed by atoms with van der Waals surface area (Å²) in [5, 5.41) is 3.69. The van der Waals surface area contributed by atoms with Gasteiger partial charge in [0.25, 0.3) is 5.91 Å². The summed E-state index contributed by atoms with van der Waals surface area (Å²) in [5.74, 6) is -1.17. The molecule has 2 aromatic carbocycles. The van der Waals surface area contributed by atoms with E-state index in [1.54, 1.807) is 12.1 Å². The van der Waals surface area contributed by atoms with Crippen molar-refractivity contribution in [2.45, 2.75) is 19.0 Å². The molecule has 1 aliphatic heterocycles. The van der Waals surface area contributed by atoms with E-state index in [1.807, 2.05) is 4.90 Å². The van der Waals surface area contributed by atoms with E-state index in [4.69, 9.17) is 0 Å². The minimum absolute atomic E-state index is 0.169. The van der Waals surface area contributed by atoms with Crippen LogP contribution in [0.3, 0.4) is 0 Å². The Morgan fingerprint density at radius 2 is 1.85 bits per heavy atom. The van der Waals surface area contributed by atoms with Crippen LogP contribution in [0, 0.1) is 5.82 Å². The van der Waals surface area contributed by atoms with Crippen LogP contribution < -0.4 is 10.3 Å². The van der Waals surface area contributed by atoms with Gasteiger partial charge in [-0.05, 0) is 48.7 Å². The number of hydrazone groups is 1. The summed E-state index contributed by atoms with van der Waals surface area (Å²) in [7, 11) is 0. The summed E-state index contributed by atoms with van der Waals surface area (Å²) in [5.41, 5.74) is 2.01. The van der Waals surface area contributed by atoms with Crippen molar-refractivity contribution in [1.29, 1.82) is 0 Å². The van der Waals surface area contributed by atoms with Gasteiger partial charge in [-0.2, -0.15) is 18.3 Å². The van der Waals surface area contributed by atoms with Gasteiger partial charge in [-0.25, -0.2) is 9.82 Å². The van der Waals surface area contributed by atoms with E-state index in [2.05, 4.69) is 10.5 Å². The summed E-state index contributed by atoms with van der Waals surface area (Å²) in [6.45, 7) is 1.63. The Kier molecular flexibility index (Phi) is 5.43. The van der Waals surface area contributed by atoms with Crippen molar-refractivity contribution >= 4 is 17.8 Å². The summed E-state index contributed by atoms with van der Waals surface area (Å²) < 4.78 is 52.3. The smallest absolute Gasteiger partial charge is 0.369 e. The van der Waals surface area contributed by atoms with Gasteiger partial charge in [0, 0.05) is 18.7 Å². The van der Waals surface area contributed by atoms with Gasteiger partial charge >= 0.3 is 6.18 Å². The van der Waals surface area contributed by atoms with E-state index in [0.29, 0.717) is 11.3 Å². The monoisotopic (exact) mass is 379 g/mol. The summed E-state index contributed by atoms with van der Waals surface area (Å²) in [6, 6.07) is 8.64. The number of carbonyl (C=O) groups is 1. The van der Waals surface area contributed by atoms with Gasteiger partial charge < -0.3 is 4.90 Å². The molecule has 0 atom stereocenters. The van der Waals surface area contributed by atoms with E-state index in [0.717, 1.165) is 44.1 Å². The van der Waals surface area contributed by atoms with E-state index in [-0.39, 0.29) is 11.4 Å². The first-order chi connectivity index (χ1) is 12.8. The molecule has 4 nitrogen and oxygen atoms in total. The molecule has 0 unspecified atom stereocenters. The Bertz CT molecular complexity index is 858. The van der Waals surface area contributed by atoms with Crippen LogP contribution in [-0.2, 0) is 6.18 Å². The molecule has 1 aliphatic rings. The molecule has 1 fully saturated rings. The Morgan fingerprint density at radius 1 is 1.11 bits per heavy atom. The van der Waals surface area contributed by atoms with Crippen molar-refractivity contribution < 1.29 is 22.4 Å². The normalized spacial score (nSPS) is 14.7. The van der Waals surface area contributed by atoms with Gasteiger partial charge in [-0.3, -0.25) is 4.79 Å². The van der Waals surface area contributed by atoms with Crippen molar-refractivity contribution in [3.8, 4) is 0 Å².